The summed E-state index contributed by atoms with van der Waals surface area (Å²) in [6, 6.07) is 0.189. The number of hydrogen-bond acceptors (Lipinski definition) is 3. The predicted octanol–water partition coefficient (Wildman–Crippen LogP) is -1.83. The van der Waals surface area contributed by atoms with Gasteiger partial charge >= 0.3 is 91.6 Å². The number of ether oxygens (including phenoxy) is 2. The van der Waals surface area contributed by atoms with Crippen molar-refractivity contribution in [2.75, 3.05) is 18.3 Å². The molecule has 0 aromatic carbocycles. The molecule has 0 heterocycles. The third kappa shape index (κ3) is 6.65. The number of alkyl halides is 2. The van der Waals surface area contributed by atoms with Crippen LogP contribution in [0.1, 0.15) is 26.7 Å². The number of halogens is 1. The Labute approximate surface area is 91.6 Å². The van der Waals surface area contributed by atoms with E-state index < -0.39 is 0 Å². The van der Waals surface area contributed by atoms with E-state index in [1.165, 1.54) is 0 Å². The number of rotatable bonds is 8. The van der Waals surface area contributed by atoms with Gasteiger partial charge in [0, 0.05) is 0 Å². The van der Waals surface area contributed by atoms with Gasteiger partial charge in [-0.1, -0.05) is 0 Å². The molecule has 0 rings (SSSR count). The van der Waals surface area contributed by atoms with Gasteiger partial charge in [0.1, 0.15) is 0 Å². The van der Waals surface area contributed by atoms with Crippen LogP contribution in [0, 0.1) is 0 Å². The first-order chi connectivity index (χ1) is 6.26. The minimum absolute atomic E-state index is 0.0697. The Morgan fingerprint density at radius 2 is 2.08 bits per heavy atom. The fraction of sp³-hybridized carbons (Fsp3) is 1.00. The van der Waals surface area contributed by atoms with Gasteiger partial charge in [0.25, 0.3) is 0 Å². The van der Waals surface area contributed by atoms with Crippen LogP contribution in [-0.2, 0) is 9.47 Å². The topological polar surface area (TPSA) is 44.5 Å². The Hall–Kier alpha value is 0.610. The Kier molecular flexibility index (Phi) is 9.61. The molecule has 3 nitrogen and oxygen atoms in total. The van der Waals surface area contributed by atoms with Crippen LogP contribution in [0.5, 0.6) is 0 Å². The first kappa shape index (κ1) is 13.6. The fourth-order valence-electron chi connectivity index (χ4n) is 0.823. The molecule has 2 N–H and O–H groups in total. The molecule has 0 spiro atoms. The quantitative estimate of drug-likeness (QED) is 0.424. The van der Waals surface area contributed by atoms with E-state index in [0.29, 0.717) is 0 Å². The molecular formula is C9H21INO2-. The molecule has 0 saturated carbocycles. The van der Waals surface area contributed by atoms with Crippen molar-refractivity contribution in [2.45, 2.75) is 36.8 Å². The molecule has 0 bridgehead atoms. The van der Waals surface area contributed by atoms with Crippen molar-refractivity contribution in [2.24, 2.45) is 5.73 Å². The Morgan fingerprint density at radius 3 is 2.54 bits per heavy atom. The van der Waals surface area contributed by atoms with Crippen molar-refractivity contribution in [3.63, 3.8) is 0 Å². The van der Waals surface area contributed by atoms with Crippen molar-refractivity contribution < 1.29 is 30.7 Å². The van der Waals surface area contributed by atoms with Crippen molar-refractivity contribution >= 4 is 0 Å². The molecule has 0 saturated heterocycles. The maximum atomic E-state index is 5.95. The van der Waals surface area contributed by atoms with Crippen LogP contribution in [0.3, 0.4) is 0 Å². The van der Waals surface area contributed by atoms with Crippen LogP contribution in [0.4, 0.5) is 0 Å². The van der Waals surface area contributed by atoms with E-state index in [1.807, 2.05) is 0 Å². The first-order valence-corrected chi connectivity index (χ1v) is 7.47. The molecule has 0 aliphatic heterocycles. The minimum atomic E-state index is -0.0697. The summed E-state index contributed by atoms with van der Waals surface area (Å²) in [7, 11) is 1.73. The third-order valence-electron chi connectivity index (χ3n) is 1.61. The van der Waals surface area contributed by atoms with Crippen LogP contribution in [0.25, 0.3) is 0 Å². The second-order valence-corrected chi connectivity index (χ2v) is 5.58. The molecule has 0 fully saturated rings. The van der Waals surface area contributed by atoms with Crippen molar-refractivity contribution in [1.29, 1.82) is 0 Å². The maximum absolute atomic E-state index is 5.95. The Balaban J connectivity index is 3.72. The van der Waals surface area contributed by atoms with E-state index in [4.69, 9.17) is 15.2 Å². The Morgan fingerprint density at radius 1 is 1.38 bits per heavy atom. The second-order valence-electron chi connectivity index (χ2n) is 2.85. The molecule has 0 aliphatic carbocycles. The van der Waals surface area contributed by atoms with Crippen molar-refractivity contribution in [3.8, 4) is 0 Å². The molecule has 4 heteroatoms. The summed E-state index contributed by atoms with van der Waals surface area (Å²) in [6.07, 6.45) is 2.04. The van der Waals surface area contributed by atoms with Crippen LogP contribution in [0.2, 0.25) is 0 Å². The molecule has 0 aromatic rings. The van der Waals surface area contributed by atoms with E-state index in [2.05, 4.69) is 13.8 Å². The van der Waals surface area contributed by atoms with Gasteiger partial charge in [0.05, 0.1) is 0 Å². The van der Waals surface area contributed by atoms with Gasteiger partial charge < -0.3 is 0 Å². The number of nitrogens with two attached hydrogens (primary N) is 1. The first-order valence-electron chi connectivity index (χ1n) is 4.70. The standard InChI is InChI=1S/C9H21INO2/c1-4-6-13-9(8(11)5-2)10-7-12-3/h8-9H,4-7,11H2,1-3H3/q-1/t8?,9-/m0/s1. The van der Waals surface area contributed by atoms with E-state index in [-0.39, 0.29) is 31.4 Å². The number of methoxy groups -OCH3 is 1. The summed E-state index contributed by atoms with van der Waals surface area (Å²) >= 11 is -0.0697. The molecule has 1 unspecified atom stereocenters. The molecule has 0 aromatic heterocycles. The van der Waals surface area contributed by atoms with Crippen LogP contribution >= 0.6 is 0 Å². The van der Waals surface area contributed by atoms with Crippen LogP contribution in [0.15, 0.2) is 0 Å². The molecule has 0 amide bonds. The van der Waals surface area contributed by atoms with Gasteiger partial charge in [-0.05, 0) is 0 Å². The van der Waals surface area contributed by atoms with E-state index >= 15 is 0 Å². The third-order valence-corrected chi connectivity index (χ3v) is 4.75. The van der Waals surface area contributed by atoms with Gasteiger partial charge in [-0.25, -0.2) is 0 Å². The van der Waals surface area contributed by atoms with Gasteiger partial charge in [-0.2, -0.15) is 0 Å². The normalized spacial score (nSPS) is 16.0. The van der Waals surface area contributed by atoms with Gasteiger partial charge in [-0.3, -0.25) is 0 Å². The molecule has 0 aliphatic rings. The summed E-state index contributed by atoms with van der Waals surface area (Å²) in [5.41, 5.74) is 5.95. The average molecular weight is 302 g/mol. The van der Waals surface area contributed by atoms with E-state index in [0.717, 1.165) is 24.1 Å². The number of hydrogen-bond donors (Lipinski definition) is 1. The summed E-state index contributed by atoms with van der Waals surface area (Å²) in [6.45, 7) is 5.04. The van der Waals surface area contributed by atoms with E-state index in [9.17, 15) is 0 Å². The van der Waals surface area contributed by atoms with Gasteiger partial charge in [0.2, 0.25) is 0 Å². The van der Waals surface area contributed by atoms with Crippen molar-refractivity contribution in [3.05, 3.63) is 0 Å². The summed E-state index contributed by atoms with van der Waals surface area (Å²) in [4.78, 5) is 0. The molecular weight excluding hydrogens is 281 g/mol. The summed E-state index contributed by atoms with van der Waals surface area (Å²) in [5.74, 6) is 0. The summed E-state index contributed by atoms with van der Waals surface area (Å²) < 4.78 is 11.9. The molecule has 2 atom stereocenters. The molecule has 13 heavy (non-hydrogen) atoms. The SMILES string of the molecule is CCCO[C@H]([I-]COC)C(N)CC. The van der Waals surface area contributed by atoms with Gasteiger partial charge in [0.15, 0.2) is 0 Å². The van der Waals surface area contributed by atoms with Crippen LogP contribution < -0.4 is 26.9 Å². The summed E-state index contributed by atoms with van der Waals surface area (Å²) in [5, 5.41) is 0. The second kappa shape index (κ2) is 9.18. The molecule has 82 valence electrons. The van der Waals surface area contributed by atoms with Crippen LogP contribution in [-0.4, -0.2) is 28.5 Å². The zero-order chi connectivity index (χ0) is 10.1. The Bertz CT molecular complexity index is 106. The van der Waals surface area contributed by atoms with Crippen molar-refractivity contribution in [1.82, 2.24) is 0 Å². The predicted molar refractivity (Wildman–Crippen MR) is 50.2 cm³/mol. The van der Waals surface area contributed by atoms with Gasteiger partial charge in [-0.15, -0.1) is 0 Å². The average Bonchev–Trinajstić information content (AvgIpc) is 2.17. The molecule has 0 radical (unpaired) electrons. The zero-order valence-electron chi connectivity index (χ0n) is 8.75. The fourth-order valence-corrected chi connectivity index (χ4v) is 3.21. The van der Waals surface area contributed by atoms with E-state index in [1.54, 1.807) is 7.11 Å². The zero-order valence-corrected chi connectivity index (χ0v) is 10.9. The monoisotopic (exact) mass is 302 g/mol.